The summed E-state index contributed by atoms with van der Waals surface area (Å²) in [5.74, 6) is 3.01. The fraction of sp³-hybridized carbons (Fsp3) is 0.543. The molecular weight excluding hydrogens is 448 g/mol. The molecule has 0 saturated carbocycles. The third kappa shape index (κ3) is 10.7. The fourth-order valence-electron chi connectivity index (χ4n) is 5.08. The first kappa shape index (κ1) is 30.6. The highest BCUT2D eigenvalue weighted by molar-refractivity contribution is 5.87. The predicted octanol–water partition coefficient (Wildman–Crippen LogP) is 10.6. The molecular formula is C35H50N2. The lowest BCUT2D eigenvalue weighted by atomic mass is 9.84. The van der Waals surface area contributed by atoms with Crippen LogP contribution in [-0.4, -0.2) is 10.7 Å². The number of rotatable bonds is 18. The average Bonchev–Trinajstić information content (AvgIpc) is 2.92. The van der Waals surface area contributed by atoms with E-state index >= 15 is 0 Å². The van der Waals surface area contributed by atoms with E-state index in [4.69, 9.17) is 0 Å². The molecule has 2 rings (SSSR count). The van der Waals surface area contributed by atoms with Gasteiger partial charge in [-0.15, -0.1) is 4.79 Å². The quantitative estimate of drug-likeness (QED) is 0.0644. The largest absolute Gasteiger partial charge is 0.348 e. The molecule has 0 spiro atoms. The molecule has 0 atom stereocenters. The zero-order chi connectivity index (χ0) is 26.7. The normalized spacial score (nSPS) is 11.6. The van der Waals surface area contributed by atoms with Crippen molar-refractivity contribution in [1.82, 2.24) is 0 Å². The minimum absolute atomic E-state index is 0.885. The Morgan fingerprint density at radius 3 is 1.70 bits per heavy atom. The molecule has 0 saturated heterocycles. The van der Waals surface area contributed by atoms with Crippen molar-refractivity contribution in [1.29, 1.82) is 0 Å². The van der Waals surface area contributed by atoms with Gasteiger partial charge in [0.25, 0.3) is 0 Å². The zero-order valence-electron chi connectivity index (χ0n) is 24.1. The molecule has 0 aliphatic rings. The maximum Gasteiger partial charge on any atom is 0.303 e. The SMILES string of the molecule is CCCCCCc1cccc(C(=C(CCCC)C(=C=[N+]=[N-])CCCC)c2cccc(CCCCC)c2)c1. The standard InChI is InChI=1S/C35H50N2/c1-5-9-13-15-19-30-21-17-24-32(27-30)35(31-23-16-20-29(26-31)18-14-10-6-2)34(25-12-8-4)33(28-37-36)22-11-7-3/h16-17,20-21,23-24,26-27H,5-15,18-19,22,25H2,1-4H3. The number of aryl methyl sites for hydroxylation is 2. The second-order valence-corrected chi connectivity index (χ2v) is 10.4. The maximum atomic E-state index is 9.55. The Hall–Kier alpha value is -2.66. The first-order chi connectivity index (χ1) is 18.2. The molecule has 0 N–H and O–H groups in total. The lowest BCUT2D eigenvalue weighted by Gasteiger charge is -2.19. The molecule has 0 amide bonds. The van der Waals surface area contributed by atoms with E-state index in [9.17, 15) is 5.53 Å². The van der Waals surface area contributed by atoms with Crippen LogP contribution in [0.4, 0.5) is 0 Å². The lowest BCUT2D eigenvalue weighted by molar-refractivity contribution is 0.00739. The molecule has 0 heterocycles. The Kier molecular flexibility index (Phi) is 15.3. The Balaban J connectivity index is 2.68. The van der Waals surface area contributed by atoms with E-state index in [-0.39, 0.29) is 0 Å². The van der Waals surface area contributed by atoms with Gasteiger partial charge in [-0.3, -0.25) is 0 Å². The van der Waals surface area contributed by atoms with Crippen LogP contribution in [0, 0.1) is 0 Å². The third-order valence-electron chi connectivity index (χ3n) is 7.23. The first-order valence-corrected chi connectivity index (χ1v) is 15.1. The summed E-state index contributed by atoms with van der Waals surface area (Å²) in [7, 11) is 0. The molecule has 0 aliphatic carbocycles. The van der Waals surface area contributed by atoms with Crippen molar-refractivity contribution in [3.05, 3.63) is 87.5 Å². The van der Waals surface area contributed by atoms with Crippen LogP contribution in [-0.2, 0) is 12.8 Å². The number of hydrogen-bond acceptors (Lipinski definition) is 0. The highest BCUT2D eigenvalue weighted by Crippen LogP contribution is 2.35. The number of benzene rings is 2. The molecule has 0 fully saturated rings. The molecule has 2 aromatic rings. The number of nitrogens with zero attached hydrogens (tertiary/aromatic N) is 2. The Bertz CT molecular complexity index is 1050. The van der Waals surface area contributed by atoms with Crippen LogP contribution in [0.2, 0.25) is 0 Å². The van der Waals surface area contributed by atoms with Gasteiger partial charge >= 0.3 is 5.87 Å². The molecule has 37 heavy (non-hydrogen) atoms. The van der Waals surface area contributed by atoms with Crippen molar-refractivity contribution in [2.75, 3.05) is 0 Å². The second-order valence-electron chi connectivity index (χ2n) is 10.4. The van der Waals surface area contributed by atoms with Gasteiger partial charge in [-0.1, -0.05) is 121 Å². The van der Waals surface area contributed by atoms with Gasteiger partial charge in [-0.25, -0.2) is 0 Å². The van der Waals surface area contributed by atoms with Gasteiger partial charge in [-0.05, 0) is 84.8 Å². The molecule has 2 aromatic carbocycles. The maximum absolute atomic E-state index is 9.55. The van der Waals surface area contributed by atoms with Gasteiger partial charge in [0.2, 0.25) is 0 Å². The van der Waals surface area contributed by atoms with Crippen molar-refractivity contribution in [3.8, 4) is 0 Å². The molecule has 0 unspecified atom stereocenters. The number of hydrogen-bond donors (Lipinski definition) is 0. The summed E-state index contributed by atoms with van der Waals surface area (Å²) < 4.78 is 0. The van der Waals surface area contributed by atoms with Gasteiger partial charge in [0.1, 0.15) is 0 Å². The van der Waals surface area contributed by atoms with Gasteiger partial charge < -0.3 is 5.53 Å². The molecule has 2 heteroatoms. The highest BCUT2D eigenvalue weighted by Gasteiger charge is 2.18. The van der Waals surface area contributed by atoms with E-state index in [1.54, 1.807) is 0 Å². The van der Waals surface area contributed by atoms with Gasteiger partial charge in [0.15, 0.2) is 0 Å². The van der Waals surface area contributed by atoms with Gasteiger partial charge in [0, 0.05) is 0 Å². The smallest absolute Gasteiger partial charge is 0.303 e. The fourth-order valence-corrected chi connectivity index (χ4v) is 5.08. The minimum atomic E-state index is 0.885. The van der Waals surface area contributed by atoms with E-state index < -0.39 is 0 Å². The summed E-state index contributed by atoms with van der Waals surface area (Å²) in [6.07, 6.45) is 17.3. The van der Waals surface area contributed by atoms with E-state index in [0.29, 0.717) is 0 Å². The van der Waals surface area contributed by atoms with Crippen molar-refractivity contribution in [2.45, 2.75) is 124 Å². The zero-order valence-corrected chi connectivity index (χ0v) is 24.1. The Morgan fingerprint density at radius 1 is 0.649 bits per heavy atom. The van der Waals surface area contributed by atoms with Crippen molar-refractivity contribution < 1.29 is 4.79 Å². The van der Waals surface area contributed by atoms with Crippen LogP contribution in [0.5, 0.6) is 0 Å². The van der Waals surface area contributed by atoms with Crippen molar-refractivity contribution >= 4 is 11.4 Å². The summed E-state index contributed by atoms with van der Waals surface area (Å²) in [4.78, 5) is 3.41. The lowest BCUT2D eigenvalue weighted by Crippen LogP contribution is -2.02. The Morgan fingerprint density at radius 2 is 1.16 bits per heavy atom. The summed E-state index contributed by atoms with van der Waals surface area (Å²) in [6.45, 7) is 8.99. The van der Waals surface area contributed by atoms with Gasteiger partial charge in [-0.2, -0.15) is 0 Å². The summed E-state index contributed by atoms with van der Waals surface area (Å²) >= 11 is 0. The molecule has 200 valence electrons. The first-order valence-electron chi connectivity index (χ1n) is 15.1. The van der Waals surface area contributed by atoms with Crippen LogP contribution >= 0.6 is 0 Å². The van der Waals surface area contributed by atoms with Crippen LogP contribution in [0.3, 0.4) is 0 Å². The molecule has 0 aliphatic heterocycles. The van der Waals surface area contributed by atoms with Crippen molar-refractivity contribution in [3.63, 3.8) is 0 Å². The summed E-state index contributed by atoms with van der Waals surface area (Å²) in [5, 5.41) is 0. The topological polar surface area (TPSA) is 36.4 Å². The minimum Gasteiger partial charge on any atom is -0.348 e. The third-order valence-corrected chi connectivity index (χ3v) is 7.23. The van der Waals surface area contributed by atoms with E-state index in [1.807, 2.05) is 0 Å². The summed E-state index contributed by atoms with van der Waals surface area (Å²) in [5.41, 5.74) is 18.6. The molecule has 0 aromatic heterocycles. The highest BCUT2D eigenvalue weighted by atomic mass is 14.8. The number of allylic oxidation sites excluding steroid dienone is 2. The molecule has 2 nitrogen and oxygen atoms in total. The van der Waals surface area contributed by atoms with E-state index in [0.717, 1.165) is 56.9 Å². The monoisotopic (exact) mass is 498 g/mol. The van der Waals surface area contributed by atoms with E-state index in [2.05, 4.69) is 86.9 Å². The van der Waals surface area contributed by atoms with Crippen LogP contribution in [0.25, 0.3) is 11.1 Å². The predicted molar refractivity (Wildman–Crippen MR) is 161 cm³/mol. The number of unbranched alkanes of at least 4 members (excludes halogenated alkanes) is 7. The summed E-state index contributed by atoms with van der Waals surface area (Å²) in [6, 6.07) is 18.3. The van der Waals surface area contributed by atoms with Crippen LogP contribution in [0.1, 0.15) is 133 Å². The van der Waals surface area contributed by atoms with Crippen LogP contribution in [0.15, 0.2) is 59.7 Å². The van der Waals surface area contributed by atoms with Crippen LogP contribution < -0.4 is 0 Å². The molecule has 0 radical (unpaired) electrons. The van der Waals surface area contributed by atoms with E-state index in [1.165, 1.54) is 78.3 Å². The van der Waals surface area contributed by atoms with Gasteiger partial charge in [0.05, 0.1) is 5.57 Å². The second kappa shape index (κ2) is 18.6. The molecule has 0 bridgehead atoms. The van der Waals surface area contributed by atoms with Crippen molar-refractivity contribution in [2.24, 2.45) is 0 Å². The Labute approximate surface area is 227 Å². The average molecular weight is 499 g/mol.